The maximum atomic E-state index is 12.3. The molecule has 0 spiro atoms. The molecule has 0 bridgehead atoms. The number of carbonyl (C=O) groups is 1. The summed E-state index contributed by atoms with van der Waals surface area (Å²) in [5, 5.41) is 0.989. The summed E-state index contributed by atoms with van der Waals surface area (Å²) in [6, 6.07) is 5.54. The molecule has 4 heteroatoms. The lowest BCUT2D eigenvalue weighted by Gasteiger charge is -2.20. The highest BCUT2D eigenvalue weighted by Crippen LogP contribution is 2.27. The molecule has 0 fully saturated rings. The molecule has 19 heavy (non-hydrogen) atoms. The number of benzene rings is 1. The molecule has 0 aliphatic rings. The molecule has 2 rings (SSSR count). The molecule has 0 aliphatic heterocycles. The summed E-state index contributed by atoms with van der Waals surface area (Å²) in [5.41, 5.74) is 8.75. The van der Waals surface area contributed by atoms with Gasteiger partial charge in [0, 0.05) is 16.8 Å². The minimum Gasteiger partial charge on any atom is -0.443 e. The third-order valence-electron chi connectivity index (χ3n) is 3.12. The zero-order valence-electron chi connectivity index (χ0n) is 12.1. The minimum atomic E-state index is -0.512. The van der Waals surface area contributed by atoms with Gasteiger partial charge >= 0.3 is 6.09 Å². The van der Waals surface area contributed by atoms with Crippen molar-refractivity contribution >= 4 is 22.7 Å². The zero-order chi connectivity index (χ0) is 14.4. The molecular weight excluding hydrogens is 240 g/mol. The number of nitrogens with zero attached hydrogens (tertiary/aromatic N) is 1. The molecule has 4 nitrogen and oxygen atoms in total. The first-order chi connectivity index (χ1) is 8.70. The molecule has 1 aromatic carbocycles. The van der Waals surface area contributed by atoms with Crippen molar-refractivity contribution in [3.8, 4) is 0 Å². The maximum absolute atomic E-state index is 12.3. The van der Waals surface area contributed by atoms with Crippen LogP contribution in [0.4, 0.5) is 10.5 Å². The first kappa shape index (κ1) is 13.5. The maximum Gasteiger partial charge on any atom is 0.419 e. The lowest BCUT2D eigenvalue weighted by molar-refractivity contribution is 0.0541. The molecule has 0 unspecified atom stereocenters. The number of nitrogens with two attached hydrogens (primary N) is 1. The van der Waals surface area contributed by atoms with E-state index < -0.39 is 5.60 Å². The Balaban J connectivity index is 2.61. The molecule has 0 saturated carbocycles. The fourth-order valence-corrected chi connectivity index (χ4v) is 2.14. The van der Waals surface area contributed by atoms with E-state index in [1.165, 1.54) is 0 Å². The highest BCUT2D eigenvalue weighted by Gasteiger charge is 2.22. The second kappa shape index (κ2) is 4.30. The van der Waals surface area contributed by atoms with Crippen LogP contribution in [0.25, 0.3) is 10.9 Å². The predicted octanol–water partition coefficient (Wildman–Crippen LogP) is 3.62. The van der Waals surface area contributed by atoms with Crippen molar-refractivity contribution in [1.82, 2.24) is 4.57 Å². The Morgan fingerprint density at radius 3 is 2.47 bits per heavy atom. The number of aromatic nitrogens is 1. The van der Waals surface area contributed by atoms with Gasteiger partial charge in [0.25, 0.3) is 0 Å². The molecule has 102 valence electrons. The SMILES string of the molecule is Cc1c(C)n(C(=O)OC(C)(C)C)c2ccc(N)cc12. The minimum absolute atomic E-state index is 0.354. The number of hydrogen-bond acceptors (Lipinski definition) is 3. The second-order valence-electron chi connectivity index (χ2n) is 5.80. The van der Waals surface area contributed by atoms with Crippen molar-refractivity contribution in [1.29, 1.82) is 0 Å². The summed E-state index contributed by atoms with van der Waals surface area (Å²) >= 11 is 0. The lowest BCUT2D eigenvalue weighted by atomic mass is 10.1. The fourth-order valence-electron chi connectivity index (χ4n) is 2.14. The fraction of sp³-hybridized carbons (Fsp3) is 0.400. The van der Waals surface area contributed by atoms with Crippen LogP contribution in [0.15, 0.2) is 18.2 Å². The van der Waals surface area contributed by atoms with E-state index in [-0.39, 0.29) is 6.09 Å². The quantitative estimate of drug-likeness (QED) is 0.736. The third kappa shape index (κ3) is 2.43. The van der Waals surface area contributed by atoms with Gasteiger partial charge < -0.3 is 10.5 Å². The van der Waals surface area contributed by atoms with Gasteiger partial charge in [-0.25, -0.2) is 9.36 Å². The van der Waals surface area contributed by atoms with Crippen molar-refractivity contribution in [2.75, 3.05) is 5.73 Å². The van der Waals surface area contributed by atoms with Crippen molar-refractivity contribution in [2.24, 2.45) is 0 Å². The van der Waals surface area contributed by atoms with Crippen molar-refractivity contribution in [3.05, 3.63) is 29.5 Å². The summed E-state index contributed by atoms with van der Waals surface area (Å²) in [7, 11) is 0. The van der Waals surface area contributed by atoms with Gasteiger partial charge in [-0.05, 0) is 58.4 Å². The number of rotatable bonds is 0. The van der Waals surface area contributed by atoms with Gasteiger partial charge in [-0.15, -0.1) is 0 Å². The lowest BCUT2D eigenvalue weighted by Crippen LogP contribution is -2.27. The van der Waals surface area contributed by atoms with E-state index in [2.05, 4.69) is 0 Å². The number of nitrogen functional groups attached to an aromatic ring is 1. The van der Waals surface area contributed by atoms with Crippen LogP contribution in [-0.2, 0) is 4.74 Å². The molecule has 1 heterocycles. The van der Waals surface area contributed by atoms with Gasteiger partial charge in [0.15, 0.2) is 0 Å². The van der Waals surface area contributed by atoms with Gasteiger partial charge in [0.05, 0.1) is 5.52 Å². The molecule has 0 amide bonds. The predicted molar refractivity (Wildman–Crippen MR) is 77.5 cm³/mol. The third-order valence-corrected chi connectivity index (χ3v) is 3.12. The molecule has 2 N–H and O–H groups in total. The molecule has 0 saturated heterocycles. The Morgan fingerprint density at radius 1 is 1.26 bits per heavy atom. The Hall–Kier alpha value is -1.97. The normalized spacial score (nSPS) is 11.8. The average Bonchev–Trinajstić information content (AvgIpc) is 2.50. The van der Waals surface area contributed by atoms with Crippen LogP contribution in [0.2, 0.25) is 0 Å². The van der Waals surface area contributed by atoms with Gasteiger partial charge in [-0.3, -0.25) is 0 Å². The van der Waals surface area contributed by atoms with Gasteiger partial charge in [-0.1, -0.05) is 0 Å². The van der Waals surface area contributed by atoms with Crippen molar-refractivity contribution < 1.29 is 9.53 Å². The summed E-state index contributed by atoms with van der Waals surface area (Å²) in [5.74, 6) is 0. The molecular formula is C15H20N2O2. The largest absolute Gasteiger partial charge is 0.443 e. The standard InChI is InChI=1S/C15H20N2O2/c1-9-10(2)17(14(18)19-15(3,4)5)13-7-6-11(16)8-12(9)13/h6-8H,16H2,1-5H3. The van der Waals surface area contributed by atoms with E-state index in [4.69, 9.17) is 10.5 Å². The molecule has 0 radical (unpaired) electrons. The first-order valence-electron chi connectivity index (χ1n) is 6.31. The second-order valence-corrected chi connectivity index (χ2v) is 5.80. The van der Waals surface area contributed by atoms with Crippen molar-refractivity contribution in [3.63, 3.8) is 0 Å². The van der Waals surface area contributed by atoms with Gasteiger partial charge in [0.1, 0.15) is 5.60 Å². The van der Waals surface area contributed by atoms with Gasteiger partial charge in [0.2, 0.25) is 0 Å². The van der Waals surface area contributed by atoms with Crippen LogP contribution in [0.1, 0.15) is 32.0 Å². The number of carbonyl (C=O) groups excluding carboxylic acids is 1. The van der Waals surface area contributed by atoms with E-state index in [0.29, 0.717) is 5.69 Å². The van der Waals surface area contributed by atoms with Crippen LogP contribution in [0.5, 0.6) is 0 Å². The first-order valence-corrected chi connectivity index (χ1v) is 6.31. The van der Waals surface area contributed by atoms with E-state index in [1.54, 1.807) is 10.6 Å². The van der Waals surface area contributed by atoms with Crippen LogP contribution < -0.4 is 5.73 Å². The monoisotopic (exact) mass is 260 g/mol. The van der Waals surface area contributed by atoms with Crippen LogP contribution in [0.3, 0.4) is 0 Å². The van der Waals surface area contributed by atoms with Crippen molar-refractivity contribution in [2.45, 2.75) is 40.2 Å². The summed E-state index contributed by atoms with van der Waals surface area (Å²) in [4.78, 5) is 12.3. The molecule has 2 aromatic rings. The number of aryl methyl sites for hydroxylation is 1. The summed E-state index contributed by atoms with van der Waals surface area (Å²) in [6.07, 6.45) is -0.354. The number of ether oxygens (including phenoxy) is 1. The number of anilines is 1. The topological polar surface area (TPSA) is 57.2 Å². The van der Waals surface area contributed by atoms with E-state index in [1.807, 2.05) is 46.8 Å². The Bertz CT molecular complexity index is 648. The highest BCUT2D eigenvalue weighted by atomic mass is 16.6. The Kier molecular flexibility index (Phi) is 3.04. The highest BCUT2D eigenvalue weighted by molar-refractivity contribution is 5.95. The molecule has 0 atom stereocenters. The van der Waals surface area contributed by atoms with Crippen LogP contribution in [0, 0.1) is 13.8 Å². The molecule has 1 aromatic heterocycles. The summed E-state index contributed by atoms with van der Waals surface area (Å²) < 4.78 is 7.06. The van der Waals surface area contributed by atoms with E-state index in [0.717, 1.165) is 22.2 Å². The number of hydrogen-bond donors (Lipinski definition) is 1. The smallest absolute Gasteiger partial charge is 0.419 e. The average molecular weight is 260 g/mol. The zero-order valence-corrected chi connectivity index (χ0v) is 12.1. The van der Waals surface area contributed by atoms with Crippen LogP contribution in [-0.4, -0.2) is 16.3 Å². The Morgan fingerprint density at radius 2 is 1.89 bits per heavy atom. The molecule has 0 aliphatic carbocycles. The number of fused-ring (bicyclic) bond motifs is 1. The van der Waals surface area contributed by atoms with E-state index in [9.17, 15) is 4.79 Å². The summed E-state index contributed by atoms with van der Waals surface area (Å²) in [6.45, 7) is 9.47. The van der Waals surface area contributed by atoms with Gasteiger partial charge in [-0.2, -0.15) is 0 Å². The van der Waals surface area contributed by atoms with E-state index >= 15 is 0 Å². The van der Waals surface area contributed by atoms with Crippen LogP contribution >= 0.6 is 0 Å². The Labute approximate surface area is 113 Å².